The second-order valence-electron chi connectivity index (χ2n) is 26.6. The number of carbonyl (C=O) groups is 1. The normalized spacial score (nSPS) is 55.0. The van der Waals surface area contributed by atoms with Crippen molar-refractivity contribution in [3.8, 4) is 0 Å². The van der Waals surface area contributed by atoms with Crippen LogP contribution in [0.3, 0.4) is 0 Å². The van der Waals surface area contributed by atoms with E-state index < -0.39 is 154 Å². The van der Waals surface area contributed by atoms with Gasteiger partial charge in [-0.3, -0.25) is 0 Å². The van der Waals surface area contributed by atoms with Crippen molar-refractivity contribution >= 4 is 5.97 Å². The summed E-state index contributed by atoms with van der Waals surface area (Å²) in [6.45, 7) is 18.0. The second-order valence-corrected chi connectivity index (χ2v) is 26.6. The lowest BCUT2D eigenvalue weighted by atomic mass is 9.33. The van der Waals surface area contributed by atoms with Crippen LogP contribution in [-0.2, 0) is 42.7 Å². The van der Waals surface area contributed by atoms with E-state index in [1.807, 2.05) is 0 Å². The monoisotopic (exact) mass is 1090 g/mol. The van der Waals surface area contributed by atoms with Crippen LogP contribution in [0.2, 0.25) is 0 Å². The average molecular weight is 1090 g/mol. The number of allylic oxidation sites excluding steroid dienone is 2. The van der Waals surface area contributed by atoms with Crippen molar-refractivity contribution in [2.75, 3.05) is 13.2 Å². The van der Waals surface area contributed by atoms with Crippen LogP contribution in [0.5, 0.6) is 0 Å². The molecule has 0 aromatic carbocycles. The first kappa shape index (κ1) is 59.0. The van der Waals surface area contributed by atoms with E-state index in [4.69, 9.17) is 37.9 Å². The Morgan fingerprint density at radius 3 is 1.79 bits per heavy atom. The number of ether oxygens (including phenoxy) is 8. The standard InChI is InChI=1S/C54H88O22/c1-22-31(58)34(61)38(65)45(69-22)76-43-40(73-46-39(66)35(62)32(59)25(20-55)70-46)33(60)26(21-56)71-48(43)75-42-37(64)36(63)41(44(67)68)74-47(42)72-30-13-14-52(7)27(50(30,4)5)12-15-54(9)28(52)11-10-23-24-18-49(2,3)19-29(57)51(24,6)16-17-53(23,54)8/h10,22,24-43,45-48,55-66H,11-21H2,1-9H3,(H,67,68)/t22-,24-,25+,26+,27-,28+,29+,30-,31-,32+,33-,34+,35-,36-,37-,38+,39+,40-,41-,42+,43+,45-,46-,47+,48-,51+,52-,53+,54+/m0/s1. The van der Waals surface area contributed by atoms with Gasteiger partial charge in [0.15, 0.2) is 31.3 Å². The Labute approximate surface area is 444 Å². The first-order chi connectivity index (χ1) is 35.4. The van der Waals surface area contributed by atoms with E-state index in [1.165, 1.54) is 12.5 Å². The molecule has 0 radical (unpaired) electrons. The number of fused-ring (bicyclic) bond motifs is 7. The Balaban J connectivity index is 1.02. The zero-order valence-corrected chi connectivity index (χ0v) is 45.3. The van der Waals surface area contributed by atoms with Gasteiger partial charge in [-0.15, -0.1) is 0 Å². The van der Waals surface area contributed by atoms with E-state index in [0.29, 0.717) is 12.3 Å². The maximum absolute atomic E-state index is 12.7. The van der Waals surface area contributed by atoms with Gasteiger partial charge in [-0.1, -0.05) is 67.0 Å². The maximum atomic E-state index is 12.7. The molecule has 4 aliphatic heterocycles. The number of carboxylic acid groups (broad SMARTS) is 1. The van der Waals surface area contributed by atoms with Gasteiger partial charge in [-0.05, 0) is 110 Å². The highest BCUT2D eigenvalue weighted by Gasteiger charge is 2.69. The van der Waals surface area contributed by atoms with Crippen LogP contribution >= 0.6 is 0 Å². The highest BCUT2D eigenvalue weighted by Crippen LogP contribution is 2.76. The average Bonchev–Trinajstić information content (AvgIpc) is 3.51. The molecule has 76 heavy (non-hydrogen) atoms. The number of hydrogen-bond acceptors (Lipinski definition) is 21. The minimum absolute atomic E-state index is 0.0106. The van der Waals surface area contributed by atoms with E-state index >= 15 is 0 Å². The molecule has 436 valence electrons. The molecule has 0 unspecified atom stereocenters. The van der Waals surface area contributed by atoms with E-state index in [0.717, 1.165) is 51.4 Å². The fourth-order valence-electron chi connectivity index (χ4n) is 16.6. The Morgan fingerprint density at radius 2 is 1.14 bits per heavy atom. The SMILES string of the molecule is C[C@@H]1O[C@@H](O[C@H]2[C@H](O[C@H]3[C@H](O[C@H]4CC[C@]5(C)[C@H]6CC=C7[C@@H]8CC(C)(C)C[C@@H](O)[C@]8(C)CC[C@@]7(C)[C@]6(C)CC[C@H]5C4(C)C)O[C@H](C(=O)O)[C@@H](O)[C@@H]3O)O[C@H](CO)[C@H](O)[C@@H]2O[C@@H]2O[C@H](CO)[C@@H](O)[C@H](O)[C@H]2O)[C@H](O)[C@H](O)[C@H]1O. The number of aliphatic hydroxyl groups excluding tert-OH is 12. The molecule has 13 N–H and O–H groups in total. The Hall–Kier alpha value is -1.59. The van der Waals surface area contributed by atoms with Crippen molar-refractivity contribution in [2.45, 2.75) is 255 Å². The summed E-state index contributed by atoms with van der Waals surface area (Å²) in [6.07, 6.45) is -27.7. The smallest absolute Gasteiger partial charge is 0.335 e. The number of aliphatic hydroxyl groups is 12. The fourth-order valence-corrected chi connectivity index (χ4v) is 16.6. The summed E-state index contributed by atoms with van der Waals surface area (Å²) >= 11 is 0. The van der Waals surface area contributed by atoms with Crippen LogP contribution in [0.4, 0.5) is 0 Å². The Morgan fingerprint density at radius 1 is 0.566 bits per heavy atom. The molecule has 22 heteroatoms. The van der Waals surface area contributed by atoms with Crippen LogP contribution in [0.25, 0.3) is 0 Å². The predicted octanol–water partition coefficient (Wildman–Crippen LogP) is -0.444. The molecule has 4 saturated carbocycles. The molecule has 5 aliphatic carbocycles. The molecule has 4 saturated heterocycles. The second kappa shape index (κ2) is 21.0. The third-order valence-corrected chi connectivity index (χ3v) is 21.5. The zero-order valence-electron chi connectivity index (χ0n) is 45.3. The van der Waals surface area contributed by atoms with Gasteiger partial charge in [-0.2, -0.15) is 0 Å². The summed E-state index contributed by atoms with van der Waals surface area (Å²) < 4.78 is 49.1. The molecule has 8 fully saturated rings. The van der Waals surface area contributed by atoms with E-state index in [1.54, 1.807) is 0 Å². The van der Waals surface area contributed by atoms with Crippen molar-refractivity contribution in [3.05, 3.63) is 11.6 Å². The Bertz CT molecular complexity index is 2110. The molecule has 0 amide bonds. The van der Waals surface area contributed by atoms with Crippen LogP contribution in [0, 0.1) is 50.2 Å². The highest BCUT2D eigenvalue weighted by atomic mass is 16.8. The van der Waals surface area contributed by atoms with Gasteiger partial charge >= 0.3 is 5.97 Å². The van der Waals surface area contributed by atoms with Gasteiger partial charge in [0, 0.05) is 5.41 Å². The summed E-state index contributed by atoms with van der Waals surface area (Å²) in [5.74, 6) is -0.959. The molecule has 0 bridgehead atoms. The van der Waals surface area contributed by atoms with Gasteiger partial charge in [0.1, 0.15) is 85.5 Å². The summed E-state index contributed by atoms with van der Waals surface area (Å²) in [4.78, 5) is 12.7. The number of aliphatic carboxylic acids is 1. The van der Waals surface area contributed by atoms with Crippen molar-refractivity contribution in [1.82, 2.24) is 0 Å². The summed E-state index contributed by atoms with van der Waals surface area (Å²) in [5, 5.41) is 142. The molecule has 9 rings (SSSR count). The van der Waals surface area contributed by atoms with Crippen LogP contribution in [0.1, 0.15) is 120 Å². The number of hydrogen-bond donors (Lipinski definition) is 13. The van der Waals surface area contributed by atoms with Crippen LogP contribution < -0.4 is 0 Å². The third kappa shape index (κ3) is 9.47. The summed E-state index contributed by atoms with van der Waals surface area (Å²) in [5.41, 5.74) is 0.392. The highest BCUT2D eigenvalue weighted by molar-refractivity contribution is 5.73. The minimum atomic E-state index is -2.13. The molecule has 9 aliphatic rings. The fraction of sp³-hybridized carbons (Fsp3) is 0.944. The quantitative estimate of drug-likeness (QED) is 0.0921. The third-order valence-electron chi connectivity index (χ3n) is 21.5. The molecule has 0 spiro atoms. The number of rotatable bonds is 11. The first-order valence-electron chi connectivity index (χ1n) is 27.6. The van der Waals surface area contributed by atoms with E-state index in [9.17, 15) is 71.2 Å². The topological polar surface area (TPSA) is 354 Å². The molecule has 22 nitrogen and oxygen atoms in total. The molecule has 29 atom stereocenters. The molecule has 0 aromatic heterocycles. The molecular formula is C54H88O22. The van der Waals surface area contributed by atoms with Gasteiger partial charge < -0.3 is 104 Å². The minimum Gasteiger partial charge on any atom is -0.479 e. The van der Waals surface area contributed by atoms with E-state index in [2.05, 4.69) is 61.5 Å². The molecule has 0 aromatic rings. The van der Waals surface area contributed by atoms with Crippen molar-refractivity contribution in [3.63, 3.8) is 0 Å². The Kier molecular flexibility index (Phi) is 16.3. The lowest BCUT2D eigenvalue weighted by Crippen LogP contribution is -2.69. The van der Waals surface area contributed by atoms with Crippen molar-refractivity contribution in [2.24, 2.45) is 50.2 Å². The van der Waals surface area contributed by atoms with Gasteiger partial charge in [0.05, 0.1) is 31.5 Å². The largest absolute Gasteiger partial charge is 0.479 e. The lowest BCUT2D eigenvalue weighted by molar-refractivity contribution is -0.410. The summed E-state index contributed by atoms with van der Waals surface area (Å²) in [7, 11) is 0. The first-order valence-corrected chi connectivity index (χ1v) is 27.6. The molecular weight excluding hydrogens is 1000 g/mol. The predicted molar refractivity (Wildman–Crippen MR) is 262 cm³/mol. The van der Waals surface area contributed by atoms with Gasteiger partial charge in [0.25, 0.3) is 0 Å². The lowest BCUT2D eigenvalue weighted by Gasteiger charge is -2.71. The maximum Gasteiger partial charge on any atom is 0.335 e. The van der Waals surface area contributed by atoms with Crippen LogP contribution in [0.15, 0.2) is 11.6 Å². The van der Waals surface area contributed by atoms with Crippen molar-refractivity contribution in [1.29, 1.82) is 0 Å². The summed E-state index contributed by atoms with van der Waals surface area (Å²) in [6, 6.07) is 0. The van der Waals surface area contributed by atoms with Gasteiger partial charge in [0.2, 0.25) is 0 Å². The van der Waals surface area contributed by atoms with E-state index in [-0.39, 0.29) is 45.0 Å². The van der Waals surface area contributed by atoms with Crippen molar-refractivity contribution < 1.29 is 109 Å². The molecule has 4 heterocycles. The van der Waals surface area contributed by atoms with Gasteiger partial charge in [-0.25, -0.2) is 4.79 Å². The zero-order chi connectivity index (χ0) is 55.7. The number of carboxylic acids is 1. The van der Waals surface area contributed by atoms with Crippen LogP contribution in [-0.4, -0.2) is 221 Å².